The van der Waals surface area contributed by atoms with Crippen LogP contribution in [0, 0.1) is 0 Å². The molecular formula is C42H75O12P. The summed E-state index contributed by atoms with van der Waals surface area (Å²) in [6.07, 6.45) is 26.1. The number of phosphoric acid groups is 1. The van der Waals surface area contributed by atoms with E-state index in [0.717, 1.165) is 89.9 Å². The van der Waals surface area contributed by atoms with E-state index in [9.17, 15) is 39.8 Å². The van der Waals surface area contributed by atoms with Gasteiger partial charge >= 0.3 is 13.8 Å². The summed E-state index contributed by atoms with van der Waals surface area (Å²) < 4.78 is 34.0. The molecule has 0 heterocycles. The zero-order chi connectivity index (χ0) is 40.6. The maximum atomic E-state index is 12.8. The first-order valence-corrected chi connectivity index (χ1v) is 22.5. The van der Waals surface area contributed by atoms with Gasteiger partial charge in [-0.1, -0.05) is 120 Å². The predicted octanol–water partition coefficient (Wildman–Crippen LogP) is 7.69. The number of aliphatic hydroxyl groups excluding tert-OH is 5. The number of unbranched alkanes of at least 4 members (excludes halogenated alkanes) is 14. The van der Waals surface area contributed by atoms with Crippen LogP contribution in [-0.2, 0) is 27.9 Å². The van der Waals surface area contributed by atoms with Crippen molar-refractivity contribution in [3.05, 3.63) is 48.6 Å². The number of allylic oxidation sites excluding steroid dienone is 8. The van der Waals surface area contributed by atoms with Crippen molar-refractivity contribution in [1.29, 1.82) is 0 Å². The molecule has 6 unspecified atom stereocenters. The lowest BCUT2D eigenvalue weighted by atomic mass is 9.85. The molecule has 6 atom stereocenters. The smallest absolute Gasteiger partial charge is 0.457 e. The molecule has 0 saturated heterocycles. The minimum Gasteiger partial charge on any atom is -0.457 e. The Hall–Kier alpha value is -1.70. The van der Waals surface area contributed by atoms with Crippen LogP contribution in [0.1, 0.15) is 149 Å². The maximum Gasteiger partial charge on any atom is 0.472 e. The summed E-state index contributed by atoms with van der Waals surface area (Å²) in [6, 6.07) is 0. The third-order valence-electron chi connectivity index (χ3n) is 9.44. The molecule has 0 aliphatic heterocycles. The van der Waals surface area contributed by atoms with Crippen molar-refractivity contribution in [3.8, 4) is 0 Å². The van der Waals surface area contributed by atoms with E-state index in [4.69, 9.17) is 18.5 Å². The predicted molar refractivity (Wildman–Crippen MR) is 216 cm³/mol. The second kappa shape index (κ2) is 33.3. The minimum atomic E-state index is -5.02. The van der Waals surface area contributed by atoms with Crippen molar-refractivity contribution in [2.75, 3.05) is 19.8 Å². The van der Waals surface area contributed by atoms with Gasteiger partial charge in [0, 0.05) is 13.0 Å². The molecule has 320 valence electrons. The highest BCUT2D eigenvalue weighted by molar-refractivity contribution is 7.47. The van der Waals surface area contributed by atoms with E-state index >= 15 is 0 Å². The Morgan fingerprint density at radius 2 is 1.07 bits per heavy atom. The van der Waals surface area contributed by atoms with Crippen molar-refractivity contribution >= 4 is 13.8 Å². The van der Waals surface area contributed by atoms with Gasteiger partial charge in [0.1, 0.15) is 42.7 Å². The van der Waals surface area contributed by atoms with E-state index in [-0.39, 0.29) is 13.0 Å². The molecule has 1 aliphatic rings. The van der Waals surface area contributed by atoms with Gasteiger partial charge in [0.05, 0.1) is 13.2 Å². The van der Waals surface area contributed by atoms with Crippen LogP contribution in [0.25, 0.3) is 0 Å². The first kappa shape index (κ1) is 51.3. The van der Waals surface area contributed by atoms with E-state index in [0.29, 0.717) is 13.0 Å². The summed E-state index contributed by atoms with van der Waals surface area (Å²) in [7, 11) is -5.02. The Morgan fingerprint density at radius 3 is 1.65 bits per heavy atom. The second-order valence-electron chi connectivity index (χ2n) is 14.5. The first-order chi connectivity index (χ1) is 26.5. The Kier molecular flexibility index (Phi) is 31.1. The van der Waals surface area contributed by atoms with Gasteiger partial charge in [-0.2, -0.15) is 0 Å². The highest BCUT2D eigenvalue weighted by Crippen LogP contribution is 2.47. The van der Waals surface area contributed by atoms with Crippen molar-refractivity contribution in [1.82, 2.24) is 0 Å². The van der Waals surface area contributed by atoms with E-state index in [1.807, 2.05) is 0 Å². The van der Waals surface area contributed by atoms with Crippen molar-refractivity contribution in [2.45, 2.75) is 191 Å². The average molecular weight is 803 g/mol. The highest BCUT2D eigenvalue weighted by Gasteiger charge is 2.51. The summed E-state index contributed by atoms with van der Waals surface area (Å²) in [5, 5.41) is 50.0. The number of hydrogen-bond donors (Lipinski definition) is 6. The van der Waals surface area contributed by atoms with Gasteiger partial charge < -0.3 is 39.9 Å². The Balaban J connectivity index is 2.47. The SMILES string of the molecule is CC/C=C\C/C=C\C/C=C\CCCCCCOCC(COP(=O)(O)OC1C(O)C(O)C(O)C(O)C1O)OC(=O)CCCCCCC/C=C\CCCCCCC. The zero-order valence-electron chi connectivity index (χ0n) is 33.7. The topological polar surface area (TPSA) is 192 Å². The third kappa shape index (κ3) is 26.0. The molecule has 12 nitrogen and oxygen atoms in total. The molecule has 1 aliphatic carbocycles. The molecule has 55 heavy (non-hydrogen) atoms. The number of rotatable bonds is 34. The lowest BCUT2D eigenvalue weighted by molar-refractivity contribution is -0.220. The fraction of sp³-hybridized carbons (Fsp3) is 0.786. The van der Waals surface area contributed by atoms with E-state index in [2.05, 4.69) is 62.5 Å². The van der Waals surface area contributed by atoms with Crippen LogP contribution < -0.4 is 0 Å². The van der Waals surface area contributed by atoms with Crippen LogP contribution in [0.3, 0.4) is 0 Å². The summed E-state index contributed by atoms with van der Waals surface area (Å²) in [5.41, 5.74) is 0. The molecule has 1 rings (SSSR count). The highest BCUT2D eigenvalue weighted by atomic mass is 31.2. The summed E-state index contributed by atoms with van der Waals surface area (Å²) in [5.74, 6) is -0.497. The van der Waals surface area contributed by atoms with Crippen molar-refractivity contribution in [2.24, 2.45) is 0 Å². The van der Waals surface area contributed by atoms with Gasteiger partial charge in [0.15, 0.2) is 0 Å². The molecule has 0 aromatic heterocycles. The van der Waals surface area contributed by atoms with Gasteiger partial charge in [0.25, 0.3) is 0 Å². The number of esters is 1. The monoisotopic (exact) mass is 802 g/mol. The van der Waals surface area contributed by atoms with Crippen molar-refractivity contribution in [3.63, 3.8) is 0 Å². The number of ether oxygens (including phenoxy) is 2. The van der Waals surface area contributed by atoms with E-state index in [1.165, 1.54) is 32.1 Å². The van der Waals surface area contributed by atoms with Gasteiger partial charge in [-0.15, -0.1) is 0 Å². The molecule has 0 radical (unpaired) electrons. The van der Waals surface area contributed by atoms with E-state index in [1.54, 1.807) is 0 Å². The fourth-order valence-corrected chi connectivity index (χ4v) is 7.04. The number of phosphoric ester groups is 1. The van der Waals surface area contributed by atoms with Gasteiger partial charge in [0.2, 0.25) is 0 Å². The van der Waals surface area contributed by atoms with Crippen LogP contribution in [0.2, 0.25) is 0 Å². The molecule has 1 fully saturated rings. The van der Waals surface area contributed by atoms with Gasteiger partial charge in [-0.25, -0.2) is 4.57 Å². The van der Waals surface area contributed by atoms with Crippen LogP contribution in [0.15, 0.2) is 48.6 Å². The molecule has 13 heteroatoms. The Labute approximate surface area is 331 Å². The van der Waals surface area contributed by atoms with Crippen molar-refractivity contribution < 1.29 is 58.3 Å². The first-order valence-electron chi connectivity index (χ1n) is 21.0. The fourth-order valence-electron chi connectivity index (χ4n) is 6.07. The van der Waals surface area contributed by atoms with E-state index < -0.39 is 63.1 Å². The molecule has 0 bridgehead atoms. The summed E-state index contributed by atoms with van der Waals surface area (Å²) >= 11 is 0. The molecule has 0 aromatic rings. The molecular weight excluding hydrogens is 727 g/mol. The molecule has 0 spiro atoms. The van der Waals surface area contributed by atoms with Crippen LogP contribution >= 0.6 is 7.82 Å². The Morgan fingerprint density at radius 1 is 0.600 bits per heavy atom. The standard InChI is InChI=1S/C42H75O12P/c1-3-5-7-9-11-13-15-17-19-21-23-25-27-29-31-36(43)53-35(33-51-32-30-28-26-24-22-20-18-16-14-12-10-8-6-4-2)34-52-55(49,50)54-42-40(47)38(45)37(44)39(46)41(42)48/h6,8,12,14-15,17-18,20,35,37-42,44-48H,3-5,7,9-11,13,16,19,21-34H2,1-2H3,(H,49,50)/b8-6-,14-12-,17-15-,20-18-. The van der Waals surface area contributed by atoms with Crippen LogP contribution in [0.4, 0.5) is 0 Å². The van der Waals surface area contributed by atoms with Gasteiger partial charge in [-0.05, 0) is 70.6 Å². The molecule has 1 saturated carbocycles. The summed E-state index contributed by atoms with van der Waals surface area (Å²) in [4.78, 5) is 23.1. The van der Waals surface area contributed by atoms with Crippen LogP contribution in [0.5, 0.6) is 0 Å². The average Bonchev–Trinajstić information content (AvgIpc) is 3.17. The number of aliphatic hydroxyl groups is 5. The number of carbonyl (C=O) groups excluding carboxylic acids is 1. The maximum absolute atomic E-state index is 12.8. The summed E-state index contributed by atoms with van der Waals surface area (Å²) in [6.45, 7) is 4.05. The normalized spacial score (nSPS) is 23.7. The van der Waals surface area contributed by atoms with Gasteiger partial charge in [-0.3, -0.25) is 13.8 Å². The largest absolute Gasteiger partial charge is 0.472 e. The number of carbonyl (C=O) groups is 1. The van der Waals surface area contributed by atoms with Crippen LogP contribution in [-0.4, -0.2) is 98.9 Å². The second-order valence-corrected chi connectivity index (χ2v) is 15.9. The lowest BCUT2D eigenvalue weighted by Crippen LogP contribution is -2.64. The minimum absolute atomic E-state index is 0.0964. The Bertz CT molecular complexity index is 1100. The zero-order valence-corrected chi connectivity index (χ0v) is 34.6. The number of hydrogen-bond acceptors (Lipinski definition) is 11. The molecule has 6 N–H and O–H groups in total. The molecule has 0 amide bonds. The molecule has 0 aromatic carbocycles. The quantitative estimate of drug-likeness (QED) is 0.0161. The third-order valence-corrected chi connectivity index (χ3v) is 10.4. The lowest BCUT2D eigenvalue weighted by Gasteiger charge is -2.41.